The van der Waals surface area contributed by atoms with Crippen LogP contribution in [0.5, 0.6) is 5.88 Å². The van der Waals surface area contributed by atoms with E-state index in [4.69, 9.17) is 11.2 Å². The molecule has 1 atom stereocenters. The van der Waals surface area contributed by atoms with E-state index in [2.05, 4.69) is 21.3 Å². The Labute approximate surface area is 228 Å². The summed E-state index contributed by atoms with van der Waals surface area (Å²) in [5.74, 6) is -3.01. The number of nitrogens with one attached hydrogen (secondary N) is 1. The molecule has 1 fully saturated rings. The molecular formula is C26H28F3N5O5S. The zero-order valence-corrected chi connectivity index (χ0v) is 23.0. The van der Waals surface area contributed by atoms with Crippen molar-refractivity contribution in [2.24, 2.45) is 7.05 Å². The molecule has 0 radical (unpaired) electrons. The number of fused-ring (bicyclic) bond motifs is 1. The van der Waals surface area contributed by atoms with Gasteiger partial charge in [0.2, 0.25) is 5.88 Å². The van der Waals surface area contributed by atoms with Crippen LogP contribution in [0.3, 0.4) is 0 Å². The Bertz CT molecular complexity index is 1670. The first kappa shape index (κ1) is 29.2. The minimum atomic E-state index is -3.94. The second kappa shape index (κ2) is 10.3. The molecule has 1 aliphatic heterocycles. The molecule has 14 heteroatoms. The van der Waals surface area contributed by atoms with Crippen LogP contribution in [0.25, 0.3) is 10.9 Å². The third-order valence-corrected chi connectivity index (χ3v) is 8.35. The van der Waals surface area contributed by atoms with Crippen LogP contribution in [-0.2, 0) is 22.8 Å². The molecule has 3 aromatic rings. The Balaban J connectivity index is 1.84. The van der Waals surface area contributed by atoms with Crippen molar-refractivity contribution in [3.63, 3.8) is 0 Å². The van der Waals surface area contributed by atoms with Crippen molar-refractivity contribution in [1.82, 2.24) is 14.8 Å². The molecule has 10 nitrogen and oxygen atoms in total. The van der Waals surface area contributed by atoms with Gasteiger partial charge in [-0.2, -0.15) is 13.9 Å². The Morgan fingerprint density at radius 1 is 1.25 bits per heavy atom. The summed E-state index contributed by atoms with van der Waals surface area (Å²) >= 11 is 0. The van der Waals surface area contributed by atoms with E-state index in [1.165, 1.54) is 26.3 Å². The predicted octanol–water partition coefficient (Wildman–Crippen LogP) is 2.36. The largest absolute Gasteiger partial charge is 0.480 e. The summed E-state index contributed by atoms with van der Waals surface area (Å²) in [6, 6.07) is 3.50. The highest BCUT2D eigenvalue weighted by Crippen LogP contribution is 2.41. The van der Waals surface area contributed by atoms with E-state index in [1.807, 2.05) is 0 Å². The highest BCUT2D eigenvalue weighted by Gasteiger charge is 2.49. The maximum absolute atomic E-state index is 15.5. The second-order valence-electron chi connectivity index (χ2n) is 9.92. The fraction of sp³-hybridized carbons (Fsp3) is 0.423. The van der Waals surface area contributed by atoms with E-state index in [-0.39, 0.29) is 52.8 Å². The molecule has 0 unspecified atom stereocenters. The van der Waals surface area contributed by atoms with Gasteiger partial charge in [-0.25, -0.2) is 22.5 Å². The average Bonchev–Trinajstić information content (AvgIpc) is 2.89. The maximum atomic E-state index is 15.5. The third-order valence-electron chi connectivity index (χ3n) is 6.74. The van der Waals surface area contributed by atoms with Crippen LogP contribution in [-0.4, -0.2) is 65.6 Å². The number of halogens is 3. The monoisotopic (exact) mass is 579 g/mol. The SMILES string of the molecule is C#C[C@@H](Nc1nn(C)c(=O)c2nc(OC)c(N3CCS(=O)(=O)CC3)cc12)c1cccc(C(F)(F)C(C)(C)O)c1F. The Morgan fingerprint density at radius 3 is 2.48 bits per heavy atom. The summed E-state index contributed by atoms with van der Waals surface area (Å²) in [5.41, 5.74) is -4.15. The topological polar surface area (TPSA) is 127 Å². The minimum absolute atomic E-state index is 0.000125. The van der Waals surface area contributed by atoms with Crippen molar-refractivity contribution in [2.45, 2.75) is 31.4 Å². The number of aliphatic hydroxyl groups is 1. The van der Waals surface area contributed by atoms with Gasteiger partial charge in [0, 0.05) is 25.7 Å². The standard InChI is InChI=1S/C26H28F3N5O5S/c1-6-18(15-8-7-9-17(20(15)27)26(28,29)25(2,3)36)30-22-16-14-19(34-10-12-40(37,38)13-11-34)23(39-5)31-21(16)24(35)33(4)32-22/h1,7-9,14,18,36H,10-13H2,2-5H3,(H,30,32)/t18-/m1/s1. The number of anilines is 2. The van der Waals surface area contributed by atoms with Crippen LogP contribution >= 0.6 is 0 Å². The zero-order chi connectivity index (χ0) is 29.6. The molecule has 3 heterocycles. The number of hydrogen-bond donors (Lipinski definition) is 2. The smallest absolute Gasteiger partial charge is 0.303 e. The molecule has 0 saturated carbocycles. The average molecular weight is 580 g/mol. The molecule has 0 spiro atoms. The van der Waals surface area contributed by atoms with Gasteiger partial charge in [0.1, 0.15) is 28.7 Å². The van der Waals surface area contributed by atoms with Crippen molar-refractivity contribution < 1.29 is 31.4 Å². The van der Waals surface area contributed by atoms with E-state index >= 15 is 4.39 Å². The number of hydrogen-bond acceptors (Lipinski definition) is 9. The molecular weight excluding hydrogens is 551 g/mol. The fourth-order valence-electron chi connectivity index (χ4n) is 4.36. The van der Waals surface area contributed by atoms with Crippen LogP contribution < -0.4 is 20.5 Å². The van der Waals surface area contributed by atoms with Crippen molar-refractivity contribution in [3.05, 3.63) is 51.6 Å². The number of methoxy groups -OCH3 is 1. The minimum Gasteiger partial charge on any atom is -0.480 e. The number of aryl methyl sites for hydroxylation is 1. The van der Waals surface area contributed by atoms with Crippen LogP contribution in [0.15, 0.2) is 29.1 Å². The summed E-state index contributed by atoms with van der Waals surface area (Å²) in [5, 5.41) is 17.2. The van der Waals surface area contributed by atoms with Gasteiger partial charge in [-0.1, -0.05) is 18.1 Å². The van der Waals surface area contributed by atoms with Crippen LogP contribution in [0.1, 0.15) is 31.0 Å². The molecule has 0 bridgehead atoms. The van der Waals surface area contributed by atoms with Gasteiger partial charge in [-0.15, -0.1) is 6.42 Å². The van der Waals surface area contributed by atoms with E-state index < -0.39 is 44.3 Å². The first-order valence-electron chi connectivity index (χ1n) is 12.1. The van der Waals surface area contributed by atoms with Crippen molar-refractivity contribution in [3.8, 4) is 18.2 Å². The summed E-state index contributed by atoms with van der Waals surface area (Å²) in [6.45, 7) is 2.06. The summed E-state index contributed by atoms with van der Waals surface area (Å²) in [6.07, 6.45) is 5.68. The van der Waals surface area contributed by atoms with Gasteiger partial charge in [-0.05, 0) is 26.0 Å². The Kier molecular flexibility index (Phi) is 7.50. The number of pyridine rings is 1. The van der Waals surface area contributed by atoms with Crippen LogP contribution in [0.4, 0.5) is 24.7 Å². The molecule has 1 aliphatic rings. The highest BCUT2D eigenvalue weighted by molar-refractivity contribution is 7.91. The van der Waals surface area contributed by atoms with Gasteiger partial charge < -0.3 is 20.1 Å². The van der Waals surface area contributed by atoms with Crippen molar-refractivity contribution in [1.29, 1.82) is 0 Å². The quantitative estimate of drug-likeness (QED) is 0.406. The second-order valence-corrected chi connectivity index (χ2v) is 12.2. The lowest BCUT2D eigenvalue weighted by Gasteiger charge is -2.30. The van der Waals surface area contributed by atoms with Gasteiger partial charge in [0.05, 0.1) is 29.6 Å². The van der Waals surface area contributed by atoms with Crippen LogP contribution in [0.2, 0.25) is 0 Å². The molecule has 1 aromatic carbocycles. The van der Waals surface area contributed by atoms with E-state index in [1.54, 1.807) is 11.0 Å². The molecule has 2 N–H and O–H groups in total. The highest BCUT2D eigenvalue weighted by atomic mass is 32.2. The number of terminal acetylenes is 1. The van der Waals surface area contributed by atoms with Gasteiger partial charge in [0.15, 0.2) is 15.7 Å². The van der Waals surface area contributed by atoms with Gasteiger partial charge >= 0.3 is 5.92 Å². The molecule has 214 valence electrons. The number of alkyl halides is 2. The zero-order valence-electron chi connectivity index (χ0n) is 22.2. The number of nitrogens with zero attached hydrogens (tertiary/aromatic N) is 4. The number of ether oxygens (including phenoxy) is 1. The molecule has 40 heavy (non-hydrogen) atoms. The first-order chi connectivity index (χ1) is 18.6. The number of sulfone groups is 1. The lowest BCUT2D eigenvalue weighted by molar-refractivity contribution is -0.170. The van der Waals surface area contributed by atoms with Crippen molar-refractivity contribution in [2.75, 3.05) is 41.9 Å². The van der Waals surface area contributed by atoms with E-state index in [9.17, 15) is 27.1 Å². The maximum Gasteiger partial charge on any atom is 0.303 e. The van der Waals surface area contributed by atoms with E-state index in [0.717, 1.165) is 24.6 Å². The number of aromatic nitrogens is 3. The normalized spacial score (nSPS) is 16.4. The summed E-state index contributed by atoms with van der Waals surface area (Å²) < 4.78 is 75.5. The molecule has 0 aliphatic carbocycles. The summed E-state index contributed by atoms with van der Waals surface area (Å²) in [7, 11) is -0.472. The molecule has 1 saturated heterocycles. The lowest BCUT2D eigenvalue weighted by Crippen LogP contribution is -2.41. The van der Waals surface area contributed by atoms with Gasteiger partial charge in [-0.3, -0.25) is 4.79 Å². The Hall–Kier alpha value is -3.83. The molecule has 4 rings (SSSR count). The predicted molar refractivity (Wildman–Crippen MR) is 144 cm³/mol. The lowest BCUT2D eigenvalue weighted by atomic mass is 9.90. The fourth-order valence-corrected chi connectivity index (χ4v) is 5.56. The number of benzene rings is 1. The third kappa shape index (κ3) is 5.18. The molecule has 2 aromatic heterocycles. The van der Waals surface area contributed by atoms with Gasteiger partial charge in [0.25, 0.3) is 5.56 Å². The van der Waals surface area contributed by atoms with Crippen LogP contribution in [0, 0.1) is 18.2 Å². The van der Waals surface area contributed by atoms with E-state index in [0.29, 0.717) is 5.69 Å². The molecule has 0 amide bonds. The summed E-state index contributed by atoms with van der Waals surface area (Å²) in [4.78, 5) is 19.0. The Morgan fingerprint density at radius 2 is 1.90 bits per heavy atom. The first-order valence-corrected chi connectivity index (χ1v) is 14.0. The van der Waals surface area contributed by atoms with Crippen molar-refractivity contribution >= 4 is 32.2 Å². The number of rotatable bonds is 7.